The number of nitrogens with zero attached hydrogens (tertiary/aromatic N) is 2. The lowest BCUT2D eigenvalue weighted by molar-refractivity contribution is 0.111. The maximum absolute atomic E-state index is 9.90. The number of rotatable bonds is 1. The molecule has 0 aliphatic heterocycles. The zero-order valence-electron chi connectivity index (χ0n) is 4.37. The number of hydrogen-bond acceptors (Lipinski definition) is 4. The number of nitriles is 1. The fourth-order valence-corrected chi connectivity index (χ4v) is 0.392. The predicted molar refractivity (Wildman–Crippen MR) is 26.6 cm³/mol. The molecule has 0 saturated carbocycles. The summed E-state index contributed by atoms with van der Waals surface area (Å²) in [5.74, 6) is -0.0860. The quantitative estimate of drug-likeness (QED) is 0.504. The van der Waals surface area contributed by atoms with E-state index < -0.39 is 0 Å². The van der Waals surface area contributed by atoms with Crippen molar-refractivity contribution in [2.45, 2.75) is 0 Å². The second-order valence-electron chi connectivity index (χ2n) is 1.31. The zero-order chi connectivity index (χ0) is 6.69. The van der Waals surface area contributed by atoms with E-state index in [2.05, 4.69) is 9.40 Å². The summed E-state index contributed by atoms with van der Waals surface area (Å²) in [5, 5.41) is 8.12. The second-order valence-corrected chi connectivity index (χ2v) is 1.31. The van der Waals surface area contributed by atoms with Gasteiger partial charge in [0.2, 0.25) is 0 Å². The van der Waals surface area contributed by atoms with Crippen LogP contribution in [-0.2, 0) is 0 Å². The molecule has 4 heteroatoms. The summed E-state index contributed by atoms with van der Waals surface area (Å²) in [6.45, 7) is 0. The van der Waals surface area contributed by atoms with Gasteiger partial charge in [-0.3, -0.25) is 4.79 Å². The Bertz CT molecular complexity index is 258. The number of hydrogen-bond donors (Lipinski definition) is 0. The van der Waals surface area contributed by atoms with Crippen LogP contribution in [0.4, 0.5) is 0 Å². The first-order chi connectivity index (χ1) is 4.36. The average Bonchev–Trinajstić information content (AvgIpc) is 2.34. The molecule has 0 saturated heterocycles. The van der Waals surface area contributed by atoms with Crippen LogP contribution in [0.15, 0.2) is 10.7 Å². The van der Waals surface area contributed by atoms with Gasteiger partial charge in [-0.15, -0.1) is 0 Å². The van der Waals surface area contributed by atoms with Crippen LogP contribution >= 0.6 is 0 Å². The van der Waals surface area contributed by atoms with E-state index in [-0.39, 0.29) is 11.6 Å². The number of aromatic nitrogens is 1. The van der Waals surface area contributed by atoms with Crippen molar-refractivity contribution in [1.29, 1.82) is 5.26 Å². The number of oxazole rings is 1. The van der Waals surface area contributed by atoms with Gasteiger partial charge in [-0.1, -0.05) is 0 Å². The molecule has 1 aromatic rings. The van der Waals surface area contributed by atoms with Crippen LogP contribution in [-0.4, -0.2) is 11.3 Å². The second kappa shape index (κ2) is 2.09. The molecular formula is C5H2N2O2. The molecule has 0 aliphatic rings. The van der Waals surface area contributed by atoms with Crippen molar-refractivity contribution in [3.05, 3.63) is 17.8 Å². The van der Waals surface area contributed by atoms with Crippen molar-refractivity contribution in [3.8, 4) is 6.07 Å². The van der Waals surface area contributed by atoms with E-state index in [1.807, 2.05) is 0 Å². The van der Waals surface area contributed by atoms with Crippen LogP contribution in [0, 0.1) is 11.3 Å². The summed E-state index contributed by atoms with van der Waals surface area (Å²) >= 11 is 0. The summed E-state index contributed by atoms with van der Waals surface area (Å²) in [5.41, 5.74) is 0.145. The summed E-state index contributed by atoms with van der Waals surface area (Å²) in [6.07, 6.45) is 1.65. The zero-order valence-corrected chi connectivity index (χ0v) is 4.37. The van der Waals surface area contributed by atoms with E-state index in [0.717, 1.165) is 6.26 Å². The molecule has 0 atom stereocenters. The van der Waals surface area contributed by atoms with Crippen LogP contribution in [0.1, 0.15) is 16.4 Å². The molecule has 44 valence electrons. The monoisotopic (exact) mass is 122 g/mol. The molecule has 0 aliphatic carbocycles. The first-order valence-electron chi connectivity index (χ1n) is 2.17. The molecule has 0 N–H and O–H groups in total. The van der Waals surface area contributed by atoms with E-state index in [1.54, 1.807) is 6.07 Å². The molecule has 4 nitrogen and oxygen atoms in total. The molecule has 1 rings (SSSR count). The molecule has 0 unspecified atom stereocenters. The Balaban J connectivity index is 3.03. The molecule has 0 aromatic carbocycles. The van der Waals surface area contributed by atoms with Gasteiger partial charge in [0.1, 0.15) is 12.0 Å². The molecule has 1 aromatic heterocycles. The largest absolute Gasteiger partial charge is 0.436 e. The first kappa shape index (κ1) is 5.51. The Kier molecular flexibility index (Phi) is 1.28. The minimum absolute atomic E-state index is 0.0860. The average molecular weight is 122 g/mol. The lowest BCUT2D eigenvalue weighted by Crippen LogP contribution is -1.77. The van der Waals surface area contributed by atoms with E-state index >= 15 is 0 Å². The molecule has 0 radical (unpaired) electrons. The first-order valence-corrected chi connectivity index (χ1v) is 2.17. The van der Waals surface area contributed by atoms with Crippen LogP contribution in [0.2, 0.25) is 0 Å². The maximum Gasteiger partial charge on any atom is 0.301 e. The fraction of sp³-hybridized carbons (Fsp3) is 0. The predicted octanol–water partition coefficient (Wildman–Crippen LogP) is 0.359. The smallest absolute Gasteiger partial charge is 0.301 e. The molecule has 0 spiro atoms. The Hall–Kier alpha value is -1.63. The molecule has 0 fully saturated rings. The highest BCUT2D eigenvalue weighted by atomic mass is 16.3. The third-order valence-electron chi connectivity index (χ3n) is 0.738. The lowest BCUT2D eigenvalue weighted by Gasteiger charge is -1.65. The highest BCUT2D eigenvalue weighted by Crippen LogP contribution is 1.95. The summed E-state index contributed by atoms with van der Waals surface area (Å²) in [4.78, 5) is 13.4. The van der Waals surface area contributed by atoms with E-state index in [4.69, 9.17) is 5.26 Å². The van der Waals surface area contributed by atoms with Crippen molar-refractivity contribution in [1.82, 2.24) is 4.98 Å². The van der Waals surface area contributed by atoms with Crippen molar-refractivity contribution in [3.63, 3.8) is 0 Å². The minimum Gasteiger partial charge on any atom is -0.436 e. The number of aldehydes is 1. The lowest BCUT2D eigenvalue weighted by atomic mass is 10.6. The third-order valence-corrected chi connectivity index (χ3v) is 0.738. The Morgan fingerprint density at radius 2 is 2.67 bits per heavy atom. The van der Waals surface area contributed by atoms with E-state index in [9.17, 15) is 4.79 Å². The maximum atomic E-state index is 9.90. The van der Waals surface area contributed by atoms with Crippen LogP contribution < -0.4 is 0 Å². The summed E-state index contributed by atoms with van der Waals surface area (Å²) < 4.78 is 4.50. The molecule has 0 amide bonds. The van der Waals surface area contributed by atoms with Gasteiger partial charge in [0.25, 0.3) is 0 Å². The summed E-state index contributed by atoms with van der Waals surface area (Å²) in [6, 6.07) is 1.64. The van der Waals surface area contributed by atoms with Gasteiger partial charge in [0.05, 0.1) is 0 Å². The van der Waals surface area contributed by atoms with Crippen molar-refractivity contribution in [2.24, 2.45) is 0 Å². The highest BCUT2D eigenvalue weighted by Gasteiger charge is 1.98. The third kappa shape index (κ3) is 0.941. The Labute approximate surface area is 50.7 Å². The van der Waals surface area contributed by atoms with E-state index in [0.29, 0.717) is 6.29 Å². The van der Waals surface area contributed by atoms with Gasteiger partial charge in [0, 0.05) is 0 Å². The molecule has 1 heterocycles. The van der Waals surface area contributed by atoms with Crippen LogP contribution in [0.3, 0.4) is 0 Å². The van der Waals surface area contributed by atoms with Gasteiger partial charge < -0.3 is 4.42 Å². The van der Waals surface area contributed by atoms with Gasteiger partial charge in [0.15, 0.2) is 12.4 Å². The van der Waals surface area contributed by atoms with Gasteiger partial charge in [-0.2, -0.15) is 10.2 Å². The van der Waals surface area contributed by atoms with Crippen molar-refractivity contribution >= 4 is 6.29 Å². The number of carbonyl (C=O) groups is 1. The fourth-order valence-electron chi connectivity index (χ4n) is 0.392. The molecule has 0 bridgehead atoms. The van der Waals surface area contributed by atoms with Gasteiger partial charge in [-0.25, -0.2) is 0 Å². The molecule has 9 heavy (non-hydrogen) atoms. The molecular weight excluding hydrogens is 120 g/mol. The highest BCUT2D eigenvalue weighted by molar-refractivity contribution is 5.70. The van der Waals surface area contributed by atoms with Crippen LogP contribution in [0.5, 0.6) is 0 Å². The van der Waals surface area contributed by atoms with Gasteiger partial charge in [-0.05, 0) is 0 Å². The van der Waals surface area contributed by atoms with E-state index in [1.165, 1.54) is 0 Å². The number of carbonyl (C=O) groups excluding carboxylic acids is 1. The standard InChI is InChI=1S/C5H2N2O2/c6-1-5-7-4(2-8)3-9-5/h2-3H. The normalized spacial score (nSPS) is 8.33. The Morgan fingerprint density at radius 3 is 3.00 bits per heavy atom. The Morgan fingerprint density at radius 1 is 1.89 bits per heavy atom. The van der Waals surface area contributed by atoms with Gasteiger partial charge >= 0.3 is 5.89 Å². The van der Waals surface area contributed by atoms with Crippen molar-refractivity contribution in [2.75, 3.05) is 0 Å². The van der Waals surface area contributed by atoms with Crippen LogP contribution in [0.25, 0.3) is 0 Å². The SMILES string of the molecule is N#Cc1nc(C=O)co1. The minimum atomic E-state index is -0.0860. The summed E-state index contributed by atoms with van der Waals surface area (Å²) in [7, 11) is 0. The topological polar surface area (TPSA) is 66.9 Å². The van der Waals surface area contributed by atoms with Crippen molar-refractivity contribution < 1.29 is 9.21 Å².